The van der Waals surface area contributed by atoms with E-state index in [0.29, 0.717) is 53.4 Å². The Kier molecular flexibility index (Phi) is 10.8. The summed E-state index contributed by atoms with van der Waals surface area (Å²) in [6, 6.07) is 19.9. The molecule has 4 heterocycles. The molecular weight excluding hydrogens is 767 g/mol. The monoisotopic (exact) mass is 809 g/mol. The lowest BCUT2D eigenvalue weighted by Gasteiger charge is -2.32. The molecule has 0 saturated heterocycles. The lowest BCUT2D eigenvalue weighted by molar-refractivity contribution is -0.137. The molecule has 0 radical (unpaired) electrons. The molecule has 1 saturated carbocycles. The lowest BCUT2D eigenvalue weighted by Crippen LogP contribution is -2.32. The van der Waals surface area contributed by atoms with Crippen LogP contribution in [0.5, 0.6) is 17.2 Å². The van der Waals surface area contributed by atoms with Crippen molar-refractivity contribution >= 4 is 34.6 Å². The molecule has 0 amide bonds. The van der Waals surface area contributed by atoms with Crippen molar-refractivity contribution in [1.29, 1.82) is 0 Å². The van der Waals surface area contributed by atoms with E-state index in [1.165, 1.54) is 38.2 Å². The zero-order chi connectivity index (χ0) is 40.6. The standard InChI is InChI=1S/C44H43ClF3N7O3/c1-26-17-37(54(23-29-7-11-33(56-3)12-8-29)24-30-9-13-34(57-4)14-10-30)53-41(39(26)44(46,47)48)35-19-36-38-42(40(35)45)51-25-52-43(38)55(15-16-58-36)27(2)31-18-32(22-49-21-31)50-20-28-5-6-28/h7-19,21-22,27-28,50-51H,5-6,20,23-25H2,1-4H3. The molecule has 2 N–H and O–H groups in total. The Bertz CT molecular complexity index is 2320. The lowest BCUT2D eigenvalue weighted by atomic mass is 9.96. The molecule has 0 bridgehead atoms. The fraction of sp³-hybridized carbons (Fsp3) is 0.295. The quantitative estimate of drug-likeness (QED) is 0.121. The zero-order valence-corrected chi connectivity index (χ0v) is 33.3. The van der Waals surface area contributed by atoms with E-state index in [4.69, 9.17) is 35.8 Å². The van der Waals surface area contributed by atoms with Crippen LogP contribution in [0.2, 0.25) is 5.02 Å². The molecule has 8 rings (SSSR count). The molecule has 1 atom stereocenters. The number of benzene rings is 3. The van der Waals surface area contributed by atoms with Gasteiger partial charge in [0.1, 0.15) is 41.8 Å². The Hall–Kier alpha value is -5.95. The molecule has 14 heteroatoms. The fourth-order valence-corrected chi connectivity index (χ4v) is 7.65. The number of ether oxygens (including phenoxy) is 3. The number of nitrogens with one attached hydrogen (secondary N) is 2. The van der Waals surface area contributed by atoms with Gasteiger partial charge < -0.3 is 34.6 Å². The van der Waals surface area contributed by atoms with Gasteiger partial charge in [0.05, 0.1) is 53.5 Å². The van der Waals surface area contributed by atoms with Crippen molar-refractivity contribution in [3.8, 4) is 28.5 Å². The van der Waals surface area contributed by atoms with Gasteiger partial charge in [0.15, 0.2) is 0 Å². The van der Waals surface area contributed by atoms with Gasteiger partial charge in [-0.3, -0.25) is 4.98 Å². The first kappa shape index (κ1) is 38.9. The first-order valence-electron chi connectivity index (χ1n) is 19.1. The number of alkyl halides is 3. The third kappa shape index (κ3) is 8.08. The van der Waals surface area contributed by atoms with E-state index < -0.39 is 11.7 Å². The van der Waals surface area contributed by atoms with Crippen LogP contribution >= 0.6 is 11.6 Å². The van der Waals surface area contributed by atoms with Gasteiger partial charge >= 0.3 is 6.18 Å². The van der Waals surface area contributed by atoms with Crippen molar-refractivity contribution in [1.82, 2.24) is 14.9 Å². The van der Waals surface area contributed by atoms with Gasteiger partial charge in [-0.1, -0.05) is 35.9 Å². The van der Waals surface area contributed by atoms with Crippen LogP contribution in [0.15, 0.2) is 96.6 Å². The maximum atomic E-state index is 15.2. The van der Waals surface area contributed by atoms with E-state index in [0.717, 1.165) is 28.9 Å². The molecule has 2 aromatic heterocycles. The van der Waals surface area contributed by atoms with E-state index in [1.807, 2.05) is 77.6 Å². The molecule has 58 heavy (non-hydrogen) atoms. The third-order valence-corrected chi connectivity index (χ3v) is 11.1. The molecule has 0 spiro atoms. The minimum atomic E-state index is -4.75. The minimum absolute atomic E-state index is 0.0000938. The summed E-state index contributed by atoms with van der Waals surface area (Å²) in [6.45, 7) is 5.21. The summed E-state index contributed by atoms with van der Waals surface area (Å²) in [5, 5.41) is 6.79. The van der Waals surface area contributed by atoms with E-state index in [1.54, 1.807) is 20.4 Å². The number of aliphatic imine (C=N–C) groups is 1. The molecular formula is C44H43ClF3N7O3. The highest BCUT2D eigenvalue weighted by Gasteiger charge is 2.39. The van der Waals surface area contributed by atoms with Crippen LogP contribution < -0.4 is 29.7 Å². The predicted molar refractivity (Wildman–Crippen MR) is 221 cm³/mol. The van der Waals surface area contributed by atoms with Crippen molar-refractivity contribution in [3.05, 3.63) is 130 Å². The van der Waals surface area contributed by atoms with Gasteiger partial charge in [-0.2, -0.15) is 13.2 Å². The summed E-state index contributed by atoms with van der Waals surface area (Å²) in [5.74, 6) is 3.27. The molecule has 3 aliphatic rings. The first-order chi connectivity index (χ1) is 28.0. The molecule has 3 aromatic carbocycles. The van der Waals surface area contributed by atoms with Crippen LogP contribution in [0, 0.1) is 12.8 Å². The van der Waals surface area contributed by atoms with Gasteiger partial charge in [0, 0.05) is 43.8 Å². The normalized spacial score (nSPS) is 15.0. The zero-order valence-electron chi connectivity index (χ0n) is 32.5. The number of pyridine rings is 2. The summed E-state index contributed by atoms with van der Waals surface area (Å²) in [4.78, 5) is 18.0. The number of anilines is 3. The Morgan fingerprint density at radius 1 is 0.983 bits per heavy atom. The molecule has 5 aromatic rings. The number of amidine groups is 1. The van der Waals surface area contributed by atoms with Gasteiger partial charge in [0.25, 0.3) is 0 Å². The Balaban J connectivity index is 1.20. The molecule has 2 aliphatic heterocycles. The highest BCUT2D eigenvalue weighted by atomic mass is 35.5. The van der Waals surface area contributed by atoms with Gasteiger partial charge in [-0.15, -0.1) is 0 Å². The van der Waals surface area contributed by atoms with E-state index >= 15 is 13.2 Å². The average molecular weight is 810 g/mol. The predicted octanol–water partition coefficient (Wildman–Crippen LogP) is 10.2. The molecule has 300 valence electrons. The van der Waals surface area contributed by atoms with Crippen molar-refractivity contribution in [2.24, 2.45) is 10.9 Å². The van der Waals surface area contributed by atoms with Crippen molar-refractivity contribution in [3.63, 3.8) is 0 Å². The molecule has 10 nitrogen and oxygen atoms in total. The van der Waals surface area contributed by atoms with Crippen LogP contribution in [0.4, 0.5) is 30.4 Å². The summed E-state index contributed by atoms with van der Waals surface area (Å²) in [7, 11) is 3.19. The van der Waals surface area contributed by atoms with Gasteiger partial charge in [-0.05, 0) is 97.3 Å². The van der Waals surface area contributed by atoms with Crippen LogP contribution in [-0.4, -0.2) is 48.1 Å². The third-order valence-electron chi connectivity index (χ3n) is 10.7. The fourth-order valence-electron chi connectivity index (χ4n) is 7.34. The largest absolute Gasteiger partial charge is 0.497 e. The summed E-state index contributed by atoms with van der Waals surface area (Å²) in [5.41, 5.74) is 3.53. The average Bonchev–Trinajstić information content (AvgIpc) is 4.08. The molecule has 1 unspecified atom stereocenters. The Morgan fingerprint density at radius 3 is 2.28 bits per heavy atom. The summed E-state index contributed by atoms with van der Waals surface area (Å²) in [6.07, 6.45) is 4.64. The highest BCUT2D eigenvalue weighted by molar-refractivity contribution is 6.37. The van der Waals surface area contributed by atoms with Gasteiger partial charge in [-0.25, -0.2) is 9.98 Å². The Labute approximate surface area is 340 Å². The Morgan fingerprint density at radius 2 is 1.66 bits per heavy atom. The number of halogens is 4. The van der Waals surface area contributed by atoms with Crippen LogP contribution in [0.1, 0.15) is 59.2 Å². The van der Waals surface area contributed by atoms with E-state index in [-0.39, 0.29) is 40.3 Å². The number of nitrogens with zero attached hydrogens (tertiary/aromatic N) is 5. The number of rotatable bonds is 13. The number of methoxy groups -OCH3 is 2. The van der Waals surface area contributed by atoms with Gasteiger partial charge in [0.2, 0.25) is 0 Å². The SMILES string of the molecule is COc1ccc(CN(Cc2ccc(OC)cc2)c2cc(C)c(C(F)(F)F)c(-c3cc4c5c(c3Cl)NCN=C5N(C(C)c3cncc(NCC5CC5)c3)C=CO4)n2)cc1. The van der Waals surface area contributed by atoms with E-state index in [9.17, 15) is 0 Å². The summed E-state index contributed by atoms with van der Waals surface area (Å²) < 4.78 is 62.4. The maximum Gasteiger partial charge on any atom is 0.418 e. The minimum Gasteiger partial charge on any atom is -0.497 e. The van der Waals surface area contributed by atoms with Crippen LogP contribution in [0.25, 0.3) is 11.3 Å². The number of aromatic nitrogens is 2. The van der Waals surface area contributed by atoms with Crippen molar-refractivity contribution in [2.75, 3.05) is 43.0 Å². The van der Waals surface area contributed by atoms with Crippen molar-refractivity contribution < 1.29 is 27.4 Å². The highest BCUT2D eigenvalue weighted by Crippen LogP contribution is 2.49. The number of hydrogen-bond acceptors (Lipinski definition) is 10. The summed E-state index contributed by atoms with van der Waals surface area (Å²) >= 11 is 7.21. The van der Waals surface area contributed by atoms with Crippen molar-refractivity contribution in [2.45, 2.75) is 52.0 Å². The molecule has 1 aliphatic carbocycles. The number of aryl methyl sites for hydroxylation is 1. The molecule has 1 fully saturated rings. The second-order valence-electron chi connectivity index (χ2n) is 14.7. The van der Waals surface area contributed by atoms with Crippen LogP contribution in [-0.2, 0) is 19.3 Å². The number of hydrogen-bond donors (Lipinski definition) is 2. The second-order valence-corrected chi connectivity index (χ2v) is 15.1. The second kappa shape index (κ2) is 16.1. The first-order valence-corrected chi connectivity index (χ1v) is 19.4. The topological polar surface area (TPSA) is 96.4 Å². The van der Waals surface area contributed by atoms with E-state index in [2.05, 4.69) is 21.7 Å². The maximum absolute atomic E-state index is 15.2. The van der Waals surface area contributed by atoms with Crippen LogP contribution in [0.3, 0.4) is 0 Å². The smallest absolute Gasteiger partial charge is 0.418 e.